The molecule has 1 atom stereocenters. The maximum Gasteiger partial charge on any atom is 0.253 e. The predicted octanol–water partition coefficient (Wildman–Crippen LogP) is 1.72. The summed E-state index contributed by atoms with van der Waals surface area (Å²) in [7, 11) is 0. The first-order valence-corrected chi connectivity index (χ1v) is 7.19. The molecule has 1 aromatic rings. The summed E-state index contributed by atoms with van der Waals surface area (Å²) in [6, 6.07) is 3.75. The standard InChI is InChI=1S/C15H21FN2O3/c16-11-4-5-14(17)13(9-11)15(19)18-6-2-7-20-10-12-3-1-8-21-12/h4-5,9,12H,1-3,6-8,10,17H2,(H,18,19). The summed E-state index contributed by atoms with van der Waals surface area (Å²) < 4.78 is 24.0. The number of halogens is 1. The molecule has 1 unspecified atom stereocenters. The molecule has 116 valence electrons. The minimum Gasteiger partial charge on any atom is -0.398 e. The topological polar surface area (TPSA) is 73.6 Å². The summed E-state index contributed by atoms with van der Waals surface area (Å²) in [6.45, 7) is 2.43. The normalized spacial score (nSPS) is 17.9. The second-order valence-electron chi connectivity index (χ2n) is 5.05. The highest BCUT2D eigenvalue weighted by Gasteiger charge is 2.15. The molecule has 1 aromatic carbocycles. The van der Waals surface area contributed by atoms with Gasteiger partial charge in [0, 0.05) is 25.4 Å². The summed E-state index contributed by atoms with van der Waals surface area (Å²) >= 11 is 0. The molecule has 0 aliphatic carbocycles. The number of rotatable bonds is 7. The largest absolute Gasteiger partial charge is 0.398 e. The van der Waals surface area contributed by atoms with E-state index in [0.29, 0.717) is 26.2 Å². The van der Waals surface area contributed by atoms with Gasteiger partial charge in [0.15, 0.2) is 0 Å². The van der Waals surface area contributed by atoms with E-state index < -0.39 is 5.82 Å². The zero-order valence-electron chi connectivity index (χ0n) is 11.9. The van der Waals surface area contributed by atoms with Crippen molar-refractivity contribution in [1.82, 2.24) is 5.32 Å². The molecule has 0 spiro atoms. The molecule has 0 radical (unpaired) electrons. The van der Waals surface area contributed by atoms with Gasteiger partial charge >= 0.3 is 0 Å². The molecule has 1 amide bonds. The molecule has 1 saturated heterocycles. The van der Waals surface area contributed by atoms with Gasteiger partial charge in [0.25, 0.3) is 5.91 Å². The lowest BCUT2D eigenvalue weighted by Gasteiger charge is -2.10. The molecule has 3 N–H and O–H groups in total. The third-order valence-electron chi connectivity index (χ3n) is 3.34. The van der Waals surface area contributed by atoms with Crippen molar-refractivity contribution in [2.75, 3.05) is 32.1 Å². The zero-order valence-corrected chi connectivity index (χ0v) is 11.9. The second-order valence-corrected chi connectivity index (χ2v) is 5.05. The maximum atomic E-state index is 13.1. The number of ether oxygens (including phenoxy) is 2. The SMILES string of the molecule is Nc1ccc(F)cc1C(=O)NCCCOCC1CCCO1. The third kappa shape index (κ3) is 4.99. The average molecular weight is 296 g/mol. The molecule has 1 aliphatic heterocycles. The van der Waals surface area contributed by atoms with Crippen LogP contribution < -0.4 is 11.1 Å². The van der Waals surface area contributed by atoms with Gasteiger partial charge in [-0.2, -0.15) is 0 Å². The van der Waals surface area contributed by atoms with Crippen LogP contribution in [0.3, 0.4) is 0 Å². The monoisotopic (exact) mass is 296 g/mol. The molecule has 21 heavy (non-hydrogen) atoms. The molecule has 0 bridgehead atoms. The van der Waals surface area contributed by atoms with Crippen molar-refractivity contribution in [3.63, 3.8) is 0 Å². The van der Waals surface area contributed by atoms with E-state index in [1.807, 2.05) is 0 Å². The van der Waals surface area contributed by atoms with Crippen LogP contribution in [-0.4, -0.2) is 38.4 Å². The van der Waals surface area contributed by atoms with Crippen LogP contribution in [0.1, 0.15) is 29.6 Å². The molecule has 2 rings (SSSR count). The van der Waals surface area contributed by atoms with E-state index in [2.05, 4.69) is 5.32 Å². The predicted molar refractivity (Wildman–Crippen MR) is 77.6 cm³/mol. The van der Waals surface area contributed by atoms with Crippen LogP contribution in [0, 0.1) is 5.82 Å². The Bertz CT molecular complexity index is 476. The Balaban J connectivity index is 1.61. The number of hydrogen-bond donors (Lipinski definition) is 2. The van der Waals surface area contributed by atoms with Crippen LogP contribution in [0.15, 0.2) is 18.2 Å². The third-order valence-corrected chi connectivity index (χ3v) is 3.34. The molecular weight excluding hydrogens is 275 g/mol. The number of nitrogen functional groups attached to an aromatic ring is 1. The van der Waals surface area contributed by atoms with Crippen molar-refractivity contribution >= 4 is 11.6 Å². The number of nitrogens with two attached hydrogens (primary N) is 1. The van der Waals surface area contributed by atoms with Gasteiger partial charge in [0.2, 0.25) is 0 Å². The van der Waals surface area contributed by atoms with Gasteiger partial charge in [-0.05, 0) is 37.5 Å². The number of nitrogens with one attached hydrogen (secondary N) is 1. The molecule has 1 fully saturated rings. The Kier molecular flexibility index (Phi) is 5.95. The quantitative estimate of drug-likeness (QED) is 0.593. The number of amides is 1. The lowest BCUT2D eigenvalue weighted by molar-refractivity contribution is 0.0166. The fourth-order valence-corrected chi connectivity index (χ4v) is 2.19. The average Bonchev–Trinajstić information content (AvgIpc) is 2.98. The van der Waals surface area contributed by atoms with Crippen LogP contribution in [-0.2, 0) is 9.47 Å². The van der Waals surface area contributed by atoms with Crippen LogP contribution in [0.2, 0.25) is 0 Å². The van der Waals surface area contributed by atoms with Crippen molar-refractivity contribution in [2.24, 2.45) is 0 Å². The van der Waals surface area contributed by atoms with Crippen LogP contribution in [0.25, 0.3) is 0 Å². The van der Waals surface area contributed by atoms with Crippen molar-refractivity contribution in [3.8, 4) is 0 Å². The molecule has 5 nitrogen and oxygen atoms in total. The zero-order chi connectivity index (χ0) is 15.1. The highest BCUT2D eigenvalue weighted by Crippen LogP contribution is 2.13. The van der Waals surface area contributed by atoms with Gasteiger partial charge in [0.05, 0.1) is 18.3 Å². The van der Waals surface area contributed by atoms with E-state index in [1.54, 1.807) is 0 Å². The first-order chi connectivity index (χ1) is 10.2. The lowest BCUT2D eigenvalue weighted by Crippen LogP contribution is -2.26. The minimum absolute atomic E-state index is 0.162. The molecular formula is C15H21FN2O3. The van der Waals surface area contributed by atoms with Crippen molar-refractivity contribution in [1.29, 1.82) is 0 Å². The Hall–Kier alpha value is -1.66. The van der Waals surface area contributed by atoms with E-state index >= 15 is 0 Å². The number of anilines is 1. The fraction of sp³-hybridized carbons (Fsp3) is 0.533. The molecule has 6 heteroatoms. The van der Waals surface area contributed by atoms with Crippen molar-refractivity contribution < 1.29 is 18.7 Å². The summed E-state index contributed by atoms with van der Waals surface area (Å²) in [5.74, 6) is -0.847. The van der Waals surface area contributed by atoms with Gasteiger partial charge in [-0.15, -0.1) is 0 Å². The van der Waals surface area contributed by atoms with E-state index in [-0.39, 0.29) is 23.3 Å². The van der Waals surface area contributed by atoms with Gasteiger partial charge in [-0.1, -0.05) is 0 Å². The fourth-order valence-electron chi connectivity index (χ4n) is 2.19. The molecule has 0 saturated carbocycles. The van der Waals surface area contributed by atoms with Crippen LogP contribution in [0.4, 0.5) is 10.1 Å². The molecule has 0 aromatic heterocycles. The highest BCUT2D eigenvalue weighted by atomic mass is 19.1. The Morgan fingerprint density at radius 3 is 3.14 bits per heavy atom. The number of carbonyl (C=O) groups is 1. The lowest BCUT2D eigenvalue weighted by atomic mass is 10.1. The molecule has 1 heterocycles. The molecule has 1 aliphatic rings. The van der Waals surface area contributed by atoms with Crippen LogP contribution >= 0.6 is 0 Å². The van der Waals surface area contributed by atoms with Crippen LogP contribution in [0.5, 0.6) is 0 Å². The van der Waals surface area contributed by atoms with E-state index in [1.165, 1.54) is 12.1 Å². The Morgan fingerprint density at radius 1 is 1.52 bits per heavy atom. The van der Waals surface area contributed by atoms with Gasteiger partial charge < -0.3 is 20.5 Å². The van der Waals surface area contributed by atoms with Crippen molar-refractivity contribution in [3.05, 3.63) is 29.6 Å². The van der Waals surface area contributed by atoms with E-state index in [9.17, 15) is 9.18 Å². The number of benzene rings is 1. The smallest absolute Gasteiger partial charge is 0.253 e. The Morgan fingerprint density at radius 2 is 2.38 bits per heavy atom. The van der Waals surface area contributed by atoms with Crippen molar-refractivity contribution in [2.45, 2.75) is 25.4 Å². The summed E-state index contributed by atoms with van der Waals surface area (Å²) in [5, 5.41) is 2.70. The number of hydrogen-bond acceptors (Lipinski definition) is 4. The summed E-state index contributed by atoms with van der Waals surface area (Å²) in [4.78, 5) is 11.8. The first kappa shape index (κ1) is 15.7. The number of carbonyl (C=O) groups excluding carboxylic acids is 1. The van der Waals surface area contributed by atoms with E-state index in [0.717, 1.165) is 25.5 Å². The summed E-state index contributed by atoms with van der Waals surface area (Å²) in [6.07, 6.45) is 3.05. The first-order valence-electron chi connectivity index (χ1n) is 7.19. The summed E-state index contributed by atoms with van der Waals surface area (Å²) in [5.41, 5.74) is 6.08. The van der Waals surface area contributed by atoms with Gasteiger partial charge in [-0.25, -0.2) is 4.39 Å². The second kappa shape index (κ2) is 7.95. The maximum absolute atomic E-state index is 13.1. The minimum atomic E-state index is -0.478. The van der Waals surface area contributed by atoms with Gasteiger partial charge in [0.1, 0.15) is 5.82 Å². The Labute approximate surface area is 123 Å². The van der Waals surface area contributed by atoms with E-state index in [4.69, 9.17) is 15.2 Å². The highest BCUT2D eigenvalue weighted by molar-refractivity contribution is 5.99. The van der Waals surface area contributed by atoms with Gasteiger partial charge in [-0.3, -0.25) is 4.79 Å².